The van der Waals surface area contributed by atoms with Crippen molar-refractivity contribution in [2.24, 2.45) is 0 Å². The number of aromatic amines is 1. The maximum absolute atomic E-state index is 10.8. The number of H-pyrrole nitrogens is 1. The van der Waals surface area contributed by atoms with Crippen molar-refractivity contribution in [3.63, 3.8) is 0 Å². The lowest BCUT2D eigenvalue weighted by Crippen LogP contribution is -1.94. The van der Waals surface area contributed by atoms with Crippen molar-refractivity contribution in [2.75, 3.05) is 0 Å². The van der Waals surface area contributed by atoms with E-state index in [0.29, 0.717) is 12.2 Å². The minimum Gasteiger partial charge on any atom is -0.489 e. The van der Waals surface area contributed by atoms with Gasteiger partial charge in [0.05, 0.1) is 0 Å². The summed E-state index contributed by atoms with van der Waals surface area (Å²) in [4.78, 5) is 13.9. The largest absolute Gasteiger partial charge is 0.489 e. The van der Waals surface area contributed by atoms with Gasteiger partial charge < -0.3 is 9.72 Å². The van der Waals surface area contributed by atoms with Gasteiger partial charge in [0.25, 0.3) is 0 Å². The first-order chi connectivity index (χ1) is 9.36. The van der Waals surface area contributed by atoms with Crippen molar-refractivity contribution >= 4 is 17.2 Å². The molecule has 1 aromatic heterocycles. The van der Waals surface area contributed by atoms with Crippen molar-refractivity contribution in [1.29, 1.82) is 0 Å². The van der Waals surface area contributed by atoms with Crippen LogP contribution in [0.5, 0.6) is 5.75 Å². The van der Waals surface area contributed by atoms with Gasteiger partial charge in [0, 0.05) is 28.7 Å². The molecule has 0 unspecified atom stereocenters. The summed E-state index contributed by atoms with van der Waals surface area (Å²) in [6, 6.07) is 15.7. The molecule has 0 aliphatic rings. The molecule has 94 valence electrons. The van der Waals surface area contributed by atoms with Crippen LogP contribution in [0.4, 0.5) is 0 Å². The first-order valence-corrected chi connectivity index (χ1v) is 6.10. The fourth-order valence-electron chi connectivity index (χ4n) is 2.06. The molecule has 0 amide bonds. The number of hydrogen-bond acceptors (Lipinski definition) is 2. The average molecular weight is 251 g/mol. The van der Waals surface area contributed by atoms with Gasteiger partial charge in [-0.05, 0) is 17.7 Å². The third kappa shape index (κ3) is 2.36. The lowest BCUT2D eigenvalue weighted by atomic mass is 10.2. The number of nitrogens with one attached hydrogen (secondary N) is 1. The molecule has 0 aliphatic heterocycles. The van der Waals surface area contributed by atoms with E-state index in [2.05, 4.69) is 4.98 Å². The Morgan fingerprint density at radius 1 is 1.11 bits per heavy atom. The van der Waals surface area contributed by atoms with Gasteiger partial charge in [-0.1, -0.05) is 30.3 Å². The maximum atomic E-state index is 10.8. The fraction of sp³-hybridized carbons (Fsp3) is 0.0625. The predicted octanol–water partition coefficient (Wildman–Crippen LogP) is 3.56. The van der Waals surface area contributed by atoms with Gasteiger partial charge in [-0.25, -0.2) is 0 Å². The van der Waals surface area contributed by atoms with Gasteiger partial charge in [0.2, 0.25) is 0 Å². The average Bonchev–Trinajstić information content (AvgIpc) is 2.88. The molecule has 0 spiro atoms. The Morgan fingerprint density at radius 3 is 2.74 bits per heavy atom. The number of rotatable bonds is 4. The van der Waals surface area contributed by atoms with E-state index < -0.39 is 0 Å². The summed E-state index contributed by atoms with van der Waals surface area (Å²) in [5.41, 5.74) is 2.71. The zero-order valence-corrected chi connectivity index (χ0v) is 10.3. The van der Waals surface area contributed by atoms with Gasteiger partial charge in [-0.3, -0.25) is 4.79 Å². The Hall–Kier alpha value is -2.55. The quantitative estimate of drug-likeness (QED) is 0.720. The smallest absolute Gasteiger partial charge is 0.152 e. The summed E-state index contributed by atoms with van der Waals surface area (Å²) < 4.78 is 5.73. The van der Waals surface area contributed by atoms with Crippen LogP contribution in [0, 0.1) is 0 Å². The van der Waals surface area contributed by atoms with E-state index >= 15 is 0 Å². The highest BCUT2D eigenvalue weighted by Gasteiger charge is 2.04. The number of carbonyl (C=O) groups is 1. The highest BCUT2D eigenvalue weighted by molar-refractivity contribution is 5.97. The van der Waals surface area contributed by atoms with E-state index in [1.54, 1.807) is 6.20 Å². The Kier molecular flexibility index (Phi) is 3.02. The number of aromatic nitrogens is 1. The maximum Gasteiger partial charge on any atom is 0.152 e. The fourth-order valence-corrected chi connectivity index (χ4v) is 2.06. The first kappa shape index (κ1) is 11.5. The molecule has 0 saturated carbocycles. The van der Waals surface area contributed by atoms with Crippen LogP contribution in [0.3, 0.4) is 0 Å². The highest BCUT2D eigenvalue weighted by atomic mass is 16.5. The summed E-state index contributed by atoms with van der Waals surface area (Å²) in [7, 11) is 0. The highest BCUT2D eigenvalue weighted by Crippen LogP contribution is 2.23. The Bertz CT molecular complexity index is 701. The van der Waals surface area contributed by atoms with E-state index in [0.717, 1.165) is 28.5 Å². The van der Waals surface area contributed by atoms with Crippen molar-refractivity contribution in [3.8, 4) is 5.75 Å². The van der Waals surface area contributed by atoms with Crippen LogP contribution >= 0.6 is 0 Å². The summed E-state index contributed by atoms with van der Waals surface area (Å²) in [5.74, 6) is 0.788. The van der Waals surface area contributed by atoms with Gasteiger partial charge in [-0.2, -0.15) is 0 Å². The molecule has 1 heterocycles. The van der Waals surface area contributed by atoms with Gasteiger partial charge >= 0.3 is 0 Å². The van der Waals surface area contributed by atoms with Gasteiger partial charge in [0.15, 0.2) is 6.29 Å². The third-order valence-electron chi connectivity index (χ3n) is 3.06. The van der Waals surface area contributed by atoms with Crippen LogP contribution in [-0.2, 0) is 6.61 Å². The first-order valence-electron chi connectivity index (χ1n) is 6.10. The molecule has 0 atom stereocenters. The lowest BCUT2D eigenvalue weighted by molar-refractivity contribution is 0.112. The van der Waals surface area contributed by atoms with E-state index in [9.17, 15) is 4.79 Å². The molecule has 0 fully saturated rings. The molecular formula is C16H13NO2. The minimum absolute atomic E-state index is 0.535. The van der Waals surface area contributed by atoms with Gasteiger partial charge in [0.1, 0.15) is 12.4 Å². The van der Waals surface area contributed by atoms with Crippen LogP contribution < -0.4 is 4.74 Å². The zero-order chi connectivity index (χ0) is 13.1. The number of ether oxygens (including phenoxy) is 1. The molecule has 3 aromatic rings. The van der Waals surface area contributed by atoms with E-state index in [1.165, 1.54) is 0 Å². The summed E-state index contributed by atoms with van der Waals surface area (Å²) in [6.07, 6.45) is 2.56. The number of carbonyl (C=O) groups excluding carboxylic acids is 1. The summed E-state index contributed by atoms with van der Waals surface area (Å²) >= 11 is 0. The monoisotopic (exact) mass is 251 g/mol. The zero-order valence-electron chi connectivity index (χ0n) is 10.3. The molecule has 3 heteroatoms. The van der Waals surface area contributed by atoms with Crippen molar-refractivity contribution in [1.82, 2.24) is 4.98 Å². The molecule has 1 N–H and O–H groups in total. The molecule has 0 aliphatic carbocycles. The molecule has 0 bridgehead atoms. The number of benzene rings is 2. The number of aldehydes is 1. The molecule has 3 nitrogen and oxygen atoms in total. The number of hydrogen-bond donors (Lipinski definition) is 1. The van der Waals surface area contributed by atoms with Crippen LogP contribution in [0.25, 0.3) is 10.9 Å². The van der Waals surface area contributed by atoms with Gasteiger partial charge in [-0.15, -0.1) is 0 Å². The SMILES string of the molecule is O=Cc1c[nH]c2cc(OCc3ccccc3)ccc12. The third-order valence-corrected chi connectivity index (χ3v) is 3.06. The normalized spacial score (nSPS) is 10.5. The Balaban J connectivity index is 1.80. The second-order valence-electron chi connectivity index (χ2n) is 4.34. The molecule has 2 aromatic carbocycles. The summed E-state index contributed by atoms with van der Waals surface area (Å²) in [6.45, 7) is 0.535. The molecule has 19 heavy (non-hydrogen) atoms. The molecule has 0 saturated heterocycles. The molecular weight excluding hydrogens is 238 g/mol. The Labute approximate surface area is 110 Å². The van der Waals surface area contributed by atoms with Crippen LogP contribution in [0.2, 0.25) is 0 Å². The second kappa shape index (κ2) is 4.98. The predicted molar refractivity (Wildman–Crippen MR) is 74.5 cm³/mol. The summed E-state index contributed by atoms with van der Waals surface area (Å²) in [5, 5.41) is 0.919. The van der Waals surface area contributed by atoms with Crippen molar-refractivity contribution < 1.29 is 9.53 Å². The standard InChI is InChI=1S/C16H13NO2/c18-10-13-9-17-16-8-14(6-7-15(13)16)19-11-12-4-2-1-3-5-12/h1-10,17H,11H2. The van der Waals surface area contributed by atoms with Crippen LogP contribution in [0.15, 0.2) is 54.7 Å². The van der Waals surface area contributed by atoms with Crippen LogP contribution in [0.1, 0.15) is 15.9 Å². The number of fused-ring (bicyclic) bond motifs is 1. The van der Waals surface area contributed by atoms with Crippen molar-refractivity contribution in [2.45, 2.75) is 6.61 Å². The van der Waals surface area contributed by atoms with E-state index in [-0.39, 0.29) is 0 Å². The lowest BCUT2D eigenvalue weighted by Gasteiger charge is -2.06. The Morgan fingerprint density at radius 2 is 1.95 bits per heavy atom. The molecule has 0 radical (unpaired) electrons. The topological polar surface area (TPSA) is 42.1 Å². The molecule has 3 rings (SSSR count). The van der Waals surface area contributed by atoms with E-state index in [1.807, 2.05) is 48.5 Å². The van der Waals surface area contributed by atoms with E-state index in [4.69, 9.17) is 4.74 Å². The van der Waals surface area contributed by atoms with Crippen LogP contribution in [-0.4, -0.2) is 11.3 Å². The van der Waals surface area contributed by atoms with Crippen molar-refractivity contribution in [3.05, 3.63) is 65.9 Å². The second-order valence-corrected chi connectivity index (χ2v) is 4.34. The minimum atomic E-state index is 0.535.